The number of carbonyl (C=O) groups is 1. The molecular weight excluding hydrogens is 230 g/mol. The minimum Gasteiger partial charge on any atom is -0.382 e. The highest BCUT2D eigenvalue weighted by Gasteiger charge is 2.00. The van der Waals surface area contributed by atoms with Crippen LogP contribution >= 0.6 is 0 Å². The molecule has 18 heavy (non-hydrogen) atoms. The monoisotopic (exact) mass is 243 g/mol. The second-order valence-electron chi connectivity index (χ2n) is 3.59. The molecule has 0 spiro atoms. The SMILES string of the molecule is Nc1ncccc1NCc1cc(NC=O)ccn1. The zero-order chi connectivity index (χ0) is 12.8. The van der Waals surface area contributed by atoms with Crippen LogP contribution in [0.3, 0.4) is 0 Å². The number of rotatable bonds is 5. The van der Waals surface area contributed by atoms with Gasteiger partial charge in [0, 0.05) is 18.1 Å². The van der Waals surface area contributed by atoms with Crippen molar-refractivity contribution in [1.82, 2.24) is 9.97 Å². The number of carbonyl (C=O) groups excluding carboxylic acids is 1. The Morgan fingerprint density at radius 1 is 1.28 bits per heavy atom. The largest absolute Gasteiger partial charge is 0.382 e. The van der Waals surface area contributed by atoms with Crippen LogP contribution in [0.25, 0.3) is 0 Å². The lowest BCUT2D eigenvalue weighted by Crippen LogP contribution is -2.05. The predicted molar refractivity (Wildman–Crippen MR) is 69.9 cm³/mol. The van der Waals surface area contributed by atoms with Gasteiger partial charge in [-0.15, -0.1) is 0 Å². The average Bonchev–Trinajstić information content (AvgIpc) is 2.39. The molecule has 0 aliphatic heterocycles. The van der Waals surface area contributed by atoms with Gasteiger partial charge in [-0.3, -0.25) is 9.78 Å². The molecule has 92 valence electrons. The van der Waals surface area contributed by atoms with Gasteiger partial charge in [0.25, 0.3) is 0 Å². The molecule has 0 saturated carbocycles. The number of nitrogens with one attached hydrogen (secondary N) is 2. The Kier molecular flexibility index (Phi) is 3.70. The average molecular weight is 243 g/mol. The van der Waals surface area contributed by atoms with E-state index >= 15 is 0 Å². The first-order valence-corrected chi connectivity index (χ1v) is 5.39. The third-order valence-electron chi connectivity index (χ3n) is 2.34. The van der Waals surface area contributed by atoms with E-state index in [-0.39, 0.29) is 0 Å². The molecular formula is C12H13N5O. The van der Waals surface area contributed by atoms with Crippen LogP contribution in [-0.2, 0) is 11.3 Å². The molecule has 0 bridgehead atoms. The van der Waals surface area contributed by atoms with E-state index in [1.165, 1.54) is 0 Å². The standard InChI is InChI=1S/C12H13N5O/c13-12-11(2-1-4-15-12)16-7-10-6-9(17-8-18)3-5-14-10/h1-6,8,16H,7H2,(H2,13,15)(H,14,17,18). The van der Waals surface area contributed by atoms with E-state index in [0.717, 1.165) is 11.4 Å². The lowest BCUT2D eigenvalue weighted by Gasteiger charge is -2.08. The van der Waals surface area contributed by atoms with Crippen molar-refractivity contribution in [3.8, 4) is 0 Å². The molecule has 6 heteroatoms. The first-order valence-electron chi connectivity index (χ1n) is 5.39. The summed E-state index contributed by atoms with van der Waals surface area (Å²) in [5.74, 6) is 0.444. The molecule has 0 aliphatic carbocycles. The summed E-state index contributed by atoms with van der Waals surface area (Å²) in [5.41, 5.74) is 7.97. The maximum atomic E-state index is 10.3. The van der Waals surface area contributed by atoms with Gasteiger partial charge in [-0.25, -0.2) is 4.98 Å². The second kappa shape index (κ2) is 5.62. The van der Waals surface area contributed by atoms with Crippen molar-refractivity contribution in [3.05, 3.63) is 42.4 Å². The Morgan fingerprint density at radius 3 is 2.94 bits per heavy atom. The highest BCUT2D eigenvalue weighted by atomic mass is 16.1. The zero-order valence-electron chi connectivity index (χ0n) is 9.63. The molecule has 2 rings (SSSR count). The molecule has 0 unspecified atom stereocenters. The third-order valence-corrected chi connectivity index (χ3v) is 2.34. The van der Waals surface area contributed by atoms with Crippen LogP contribution in [0.15, 0.2) is 36.7 Å². The van der Waals surface area contributed by atoms with E-state index in [4.69, 9.17) is 5.73 Å². The molecule has 4 N–H and O–H groups in total. The summed E-state index contributed by atoms with van der Waals surface area (Å²) < 4.78 is 0. The highest BCUT2D eigenvalue weighted by molar-refractivity contribution is 5.71. The topological polar surface area (TPSA) is 92.9 Å². The van der Waals surface area contributed by atoms with Crippen molar-refractivity contribution in [2.24, 2.45) is 0 Å². The van der Waals surface area contributed by atoms with Gasteiger partial charge in [-0.05, 0) is 24.3 Å². The maximum Gasteiger partial charge on any atom is 0.211 e. The number of hydrogen-bond donors (Lipinski definition) is 3. The van der Waals surface area contributed by atoms with Crippen LogP contribution < -0.4 is 16.4 Å². The maximum absolute atomic E-state index is 10.3. The van der Waals surface area contributed by atoms with E-state index in [1.807, 2.05) is 6.07 Å². The fraction of sp³-hybridized carbons (Fsp3) is 0.0833. The van der Waals surface area contributed by atoms with Crippen LogP contribution in [0.4, 0.5) is 17.2 Å². The summed E-state index contributed by atoms with van der Waals surface area (Å²) >= 11 is 0. The van der Waals surface area contributed by atoms with Crippen molar-refractivity contribution < 1.29 is 4.79 Å². The van der Waals surface area contributed by atoms with Crippen molar-refractivity contribution in [2.45, 2.75) is 6.54 Å². The van der Waals surface area contributed by atoms with E-state index < -0.39 is 0 Å². The Hall–Kier alpha value is -2.63. The Labute approximate surface area is 104 Å². The van der Waals surface area contributed by atoms with E-state index in [0.29, 0.717) is 24.5 Å². The number of hydrogen-bond acceptors (Lipinski definition) is 5. The molecule has 0 saturated heterocycles. The van der Waals surface area contributed by atoms with Gasteiger partial charge in [0.05, 0.1) is 17.9 Å². The summed E-state index contributed by atoms with van der Waals surface area (Å²) in [5, 5.41) is 5.70. The van der Waals surface area contributed by atoms with Crippen molar-refractivity contribution in [3.63, 3.8) is 0 Å². The number of pyridine rings is 2. The van der Waals surface area contributed by atoms with Crippen molar-refractivity contribution in [1.29, 1.82) is 0 Å². The highest BCUT2D eigenvalue weighted by Crippen LogP contribution is 2.15. The Morgan fingerprint density at radius 2 is 2.17 bits per heavy atom. The summed E-state index contributed by atoms with van der Waals surface area (Å²) in [7, 11) is 0. The minimum absolute atomic E-state index is 0.444. The molecule has 0 radical (unpaired) electrons. The van der Waals surface area contributed by atoms with E-state index in [9.17, 15) is 4.79 Å². The zero-order valence-corrected chi connectivity index (χ0v) is 9.63. The molecule has 0 aliphatic rings. The van der Waals surface area contributed by atoms with Crippen LogP contribution in [0.1, 0.15) is 5.69 Å². The van der Waals surface area contributed by atoms with Crippen molar-refractivity contribution in [2.75, 3.05) is 16.4 Å². The fourth-order valence-corrected chi connectivity index (χ4v) is 1.49. The van der Waals surface area contributed by atoms with Crippen molar-refractivity contribution >= 4 is 23.6 Å². The molecule has 0 aromatic carbocycles. The molecule has 2 aromatic rings. The minimum atomic E-state index is 0.444. The molecule has 2 aromatic heterocycles. The second-order valence-corrected chi connectivity index (χ2v) is 3.59. The molecule has 0 fully saturated rings. The van der Waals surface area contributed by atoms with Gasteiger partial charge < -0.3 is 16.4 Å². The summed E-state index contributed by atoms with van der Waals surface area (Å²) in [6, 6.07) is 7.15. The smallest absolute Gasteiger partial charge is 0.211 e. The number of nitrogens with two attached hydrogens (primary N) is 1. The van der Waals surface area contributed by atoms with Crippen LogP contribution in [0.2, 0.25) is 0 Å². The molecule has 2 heterocycles. The molecule has 6 nitrogen and oxygen atoms in total. The number of nitrogens with zero attached hydrogens (tertiary/aromatic N) is 2. The fourth-order valence-electron chi connectivity index (χ4n) is 1.49. The van der Waals surface area contributed by atoms with E-state index in [1.54, 1.807) is 30.6 Å². The number of nitrogen functional groups attached to an aromatic ring is 1. The van der Waals surface area contributed by atoms with Gasteiger partial charge in [0.1, 0.15) is 5.82 Å². The Bertz CT molecular complexity index is 543. The first kappa shape index (κ1) is 11.8. The number of anilines is 3. The summed E-state index contributed by atoms with van der Waals surface area (Å²) in [6.45, 7) is 0.504. The molecule has 0 atom stereocenters. The van der Waals surface area contributed by atoms with Gasteiger partial charge in [-0.2, -0.15) is 0 Å². The summed E-state index contributed by atoms with van der Waals surface area (Å²) in [6.07, 6.45) is 3.90. The van der Waals surface area contributed by atoms with Gasteiger partial charge in [0.2, 0.25) is 6.41 Å². The summed E-state index contributed by atoms with van der Waals surface area (Å²) in [4.78, 5) is 18.5. The third kappa shape index (κ3) is 2.94. The number of amides is 1. The number of aromatic nitrogens is 2. The van der Waals surface area contributed by atoms with Crippen LogP contribution in [0.5, 0.6) is 0 Å². The lowest BCUT2D eigenvalue weighted by molar-refractivity contribution is -0.105. The lowest BCUT2D eigenvalue weighted by atomic mass is 10.3. The molecule has 1 amide bonds. The normalized spacial score (nSPS) is 9.78. The quantitative estimate of drug-likeness (QED) is 0.687. The van der Waals surface area contributed by atoms with Crippen LogP contribution in [0, 0.1) is 0 Å². The van der Waals surface area contributed by atoms with Gasteiger partial charge in [0.15, 0.2) is 0 Å². The first-order chi connectivity index (χ1) is 8.79. The van der Waals surface area contributed by atoms with Gasteiger partial charge in [-0.1, -0.05) is 0 Å². The van der Waals surface area contributed by atoms with Gasteiger partial charge >= 0.3 is 0 Å². The van der Waals surface area contributed by atoms with E-state index in [2.05, 4.69) is 20.6 Å². The Balaban J connectivity index is 2.04. The predicted octanol–water partition coefficient (Wildman–Crippen LogP) is 1.24. The van der Waals surface area contributed by atoms with Crippen LogP contribution in [-0.4, -0.2) is 16.4 Å².